The van der Waals surface area contributed by atoms with Crippen molar-refractivity contribution in [2.24, 2.45) is 0 Å². The van der Waals surface area contributed by atoms with Crippen LogP contribution in [-0.2, 0) is 6.54 Å². The van der Waals surface area contributed by atoms with Gasteiger partial charge in [-0.25, -0.2) is 0 Å². The number of likely N-dealkylation sites (N-methyl/N-ethyl adjacent to an activating group) is 2. The van der Waals surface area contributed by atoms with Crippen molar-refractivity contribution in [3.8, 4) is 0 Å². The zero-order valence-corrected chi connectivity index (χ0v) is 13.8. The Hall–Kier alpha value is -0.610. The lowest BCUT2D eigenvalue weighted by atomic mass is 10.2. The Morgan fingerprint density at radius 2 is 1.80 bits per heavy atom. The minimum atomic E-state index is 0.813. The lowest BCUT2D eigenvalue weighted by Crippen LogP contribution is -2.35. The van der Waals surface area contributed by atoms with Gasteiger partial charge in [-0.1, -0.05) is 37.6 Å². The van der Waals surface area contributed by atoms with Crippen molar-refractivity contribution in [1.82, 2.24) is 15.1 Å². The maximum absolute atomic E-state index is 6.00. The van der Waals surface area contributed by atoms with Crippen molar-refractivity contribution in [1.29, 1.82) is 0 Å². The molecule has 0 aliphatic heterocycles. The highest BCUT2D eigenvalue weighted by molar-refractivity contribution is 6.30. The molecule has 0 amide bonds. The monoisotopic (exact) mass is 297 g/mol. The maximum Gasteiger partial charge on any atom is 0.0409 e. The lowest BCUT2D eigenvalue weighted by Gasteiger charge is -2.20. The van der Waals surface area contributed by atoms with Gasteiger partial charge in [0.1, 0.15) is 0 Å². The summed E-state index contributed by atoms with van der Waals surface area (Å²) in [7, 11) is 2.15. The summed E-state index contributed by atoms with van der Waals surface area (Å²) in [4.78, 5) is 4.75. The molecule has 1 N–H and O–H groups in total. The molecule has 0 unspecified atom stereocenters. The Labute approximate surface area is 128 Å². The summed E-state index contributed by atoms with van der Waals surface area (Å²) < 4.78 is 0. The fourth-order valence-corrected chi connectivity index (χ4v) is 2.41. The molecular weight excluding hydrogens is 270 g/mol. The van der Waals surface area contributed by atoms with Gasteiger partial charge in [0.2, 0.25) is 0 Å². The van der Waals surface area contributed by atoms with E-state index in [4.69, 9.17) is 11.6 Å². The van der Waals surface area contributed by atoms with Crippen LogP contribution >= 0.6 is 11.6 Å². The summed E-state index contributed by atoms with van der Waals surface area (Å²) in [5.74, 6) is 0. The first-order valence-corrected chi connectivity index (χ1v) is 7.89. The van der Waals surface area contributed by atoms with Crippen molar-refractivity contribution in [3.63, 3.8) is 0 Å². The van der Waals surface area contributed by atoms with Gasteiger partial charge in [0.05, 0.1) is 0 Å². The SMILES string of the molecule is CCN(CC)CCNCCN(C)Cc1cccc(Cl)c1. The van der Waals surface area contributed by atoms with Crippen LogP contribution in [0, 0.1) is 0 Å². The van der Waals surface area contributed by atoms with Crippen LogP contribution in [-0.4, -0.2) is 56.1 Å². The molecule has 0 heterocycles. The van der Waals surface area contributed by atoms with E-state index < -0.39 is 0 Å². The van der Waals surface area contributed by atoms with E-state index in [1.807, 2.05) is 18.2 Å². The van der Waals surface area contributed by atoms with Crippen LogP contribution in [0.4, 0.5) is 0 Å². The van der Waals surface area contributed by atoms with E-state index >= 15 is 0 Å². The minimum Gasteiger partial charge on any atom is -0.314 e. The van der Waals surface area contributed by atoms with Crippen molar-refractivity contribution in [3.05, 3.63) is 34.9 Å². The quantitative estimate of drug-likeness (QED) is 0.670. The predicted molar refractivity (Wildman–Crippen MR) is 88.4 cm³/mol. The summed E-state index contributed by atoms with van der Waals surface area (Å²) in [5, 5.41) is 4.32. The van der Waals surface area contributed by atoms with Gasteiger partial charge in [0, 0.05) is 37.7 Å². The van der Waals surface area contributed by atoms with E-state index in [9.17, 15) is 0 Å². The topological polar surface area (TPSA) is 18.5 Å². The molecule has 0 aliphatic carbocycles. The standard InChI is InChI=1S/C16H28ClN3/c1-4-20(5-2)12-10-18-9-11-19(3)14-15-7-6-8-16(17)13-15/h6-8,13,18H,4-5,9-12,14H2,1-3H3. The van der Waals surface area contributed by atoms with E-state index in [0.29, 0.717) is 0 Å². The molecule has 0 fully saturated rings. The molecule has 0 spiro atoms. The van der Waals surface area contributed by atoms with Crippen molar-refractivity contribution in [2.75, 3.05) is 46.3 Å². The first kappa shape index (κ1) is 17.4. The first-order chi connectivity index (χ1) is 9.65. The largest absolute Gasteiger partial charge is 0.314 e. The van der Waals surface area contributed by atoms with E-state index in [0.717, 1.165) is 50.8 Å². The number of nitrogens with one attached hydrogen (secondary N) is 1. The Kier molecular flexibility index (Phi) is 8.86. The Balaban J connectivity index is 2.13. The molecule has 114 valence electrons. The van der Waals surface area contributed by atoms with Crippen LogP contribution in [0.2, 0.25) is 5.02 Å². The van der Waals surface area contributed by atoms with Gasteiger partial charge in [0.25, 0.3) is 0 Å². The van der Waals surface area contributed by atoms with Crippen LogP contribution in [0.1, 0.15) is 19.4 Å². The predicted octanol–water partition coefficient (Wildman–Crippen LogP) is 2.70. The third kappa shape index (κ3) is 7.25. The van der Waals surface area contributed by atoms with E-state index in [2.05, 4.69) is 42.1 Å². The van der Waals surface area contributed by atoms with Gasteiger partial charge < -0.3 is 15.1 Å². The molecule has 0 saturated heterocycles. The second-order valence-electron chi connectivity index (χ2n) is 5.14. The minimum absolute atomic E-state index is 0.813. The Bertz CT molecular complexity index is 366. The van der Waals surface area contributed by atoms with Gasteiger partial charge in [-0.2, -0.15) is 0 Å². The molecule has 3 nitrogen and oxygen atoms in total. The Morgan fingerprint density at radius 1 is 1.10 bits per heavy atom. The molecule has 1 rings (SSSR count). The number of hydrogen-bond donors (Lipinski definition) is 1. The van der Waals surface area contributed by atoms with Crippen LogP contribution in [0.3, 0.4) is 0 Å². The summed E-state index contributed by atoms with van der Waals surface area (Å²) >= 11 is 6.00. The first-order valence-electron chi connectivity index (χ1n) is 7.51. The maximum atomic E-state index is 6.00. The highest BCUT2D eigenvalue weighted by atomic mass is 35.5. The van der Waals surface area contributed by atoms with Crippen molar-refractivity contribution in [2.45, 2.75) is 20.4 Å². The van der Waals surface area contributed by atoms with Gasteiger partial charge in [-0.05, 0) is 37.8 Å². The van der Waals surface area contributed by atoms with Gasteiger partial charge in [-0.3, -0.25) is 0 Å². The average Bonchev–Trinajstić information content (AvgIpc) is 2.43. The molecule has 0 aromatic heterocycles. The molecule has 1 aromatic rings. The van der Waals surface area contributed by atoms with E-state index in [1.165, 1.54) is 5.56 Å². The summed E-state index contributed by atoms with van der Waals surface area (Å²) in [6.45, 7) is 11.9. The highest BCUT2D eigenvalue weighted by Crippen LogP contribution is 2.11. The molecule has 1 aromatic carbocycles. The molecule has 0 bridgehead atoms. The summed E-state index contributed by atoms with van der Waals surface area (Å²) in [5.41, 5.74) is 1.27. The third-order valence-corrected chi connectivity index (χ3v) is 3.75. The fraction of sp³-hybridized carbons (Fsp3) is 0.625. The number of benzene rings is 1. The van der Waals surface area contributed by atoms with Crippen LogP contribution in [0.15, 0.2) is 24.3 Å². The van der Waals surface area contributed by atoms with E-state index in [-0.39, 0.29) is 0 Å². The number of rotatable bonds is 10. The molecule has 20 heavy (non-hydrogen) atoms. The number of nitrogens with zero attached hydrogens (tertiary/aromatic N) is 2. The average molecular weight is 298 g/mol. The lowest BCUT2D eigenvalue weighted by molar-refractivity contribution is 0.291. The summed E-state index contributed by atoms with van der Waals surface area (Å²) in [6, 6.07) is 8.08. The number of halogens is 1. The molecular formula is C16H28ClN3. The third-order valence-electron chi connectivity index (χ3n) is 3.51. The second-order valence-corrected chi connectivity index (χ2v) is 5.58. The van der Waals surface area contributed by atoms with Crippen LogP contribution in [0.25, 0.3) is 0 Å². The smallest absolute Gasteiger partial charge is 0.0409 e. The molecule has 0 radical (unpaired) electrons. The molecule has 4 heteroatoms. The highest BCUT2D eigenvalue weighted by Gasteiger charge is 2.01. The summed E-state index contributed by atoms with van der Waals surface area (Å²) in [6.07, 6.45) is 0. The molecule has 0 aliphatic rings. The fourth-order valence-electron chi connectivity index (χ4n) is 2.20. The zero-order valence-electron chi connectivity index (χ0n) is 13.0. The van der Waals surface area contributed by atoms with Gasteiger partial charge in [0.15, 0.2) is 0 Å². The second kappa shape index (κ2) is 10.2. The normalized spacial score (nSPS) is 11.5. The van der Waals surface area contributed by atoms with Crippen molar-refractivity contribution >= 4 is 11.6 Å². The molecule has 0 saturated carbocycles. The van der Waals surface area contributed by atoms with Gasteiger partial charge in [-0.15, -0.1) is 0 Å². The van der Waals surface area contributed by atoms with Crippen LogP contribution in [0.5, 0.6) is 0 Å². The van der Waals surface area contributed by atoms with Gasteiger partial charge >= 0.3 is 0 Å². The zero-order chi connectivity index (χ0) is 14.8. The number of hydrogen-bond acceptors (Lipinski definition) is 3. The Morgan fingerprint density at radius 3 is 2.45 bits per heavy atom. The molecule has 0 atom stereocenters. The van der Waals surface area contributed by atoms with Crippen LogP contribution < -0.4 is 5.32 Å². The van der Waals surface area contributed by atoms with Crippen molar-refractivity contribution < 1.29 is 0 Å². The van der Waals surface area contributed by atoms with E-state index in [1.54, 1.807) is 0 Å².